The van der Waals surface area contributed by atoms with Crippen molar-refractivity contribution in [1.82, 2.24) is 20.9 Å². The van der Waals surface area contributed by atoms with E-state index in [0.29, 0.717) is 19.4 Å². The number of Topliss-reactive ketones (excluding diaryl/α,β-unsaturated/α-hetero) is 1. The maximum absolute atomic E-state index is 13.7. The van der Waals surface area contributed by atoms with Crippen molar-refractivity contribution in [1.29, 1.82) is 0 Å². The van der Waals surface area contributed by atoms with Crippen molar-refractivity contribution in [2.24, 2.45) is 23.5 Å². The summed E-state index contributed by atoms with van der Waals surface area (Å²) in [7, 11) is 0. The Morgan fingerprint density at radius 1 is 1.08 bits per heavy atom. The zero-order valence-corrected chi connectivity index (χ0v) is 21.9. The second-order valence-corrected chi connectivity index (χ2v) is 10.2. The monoisotopic (exact) mass is 505 g/mol. The zero-order chi connectivity index (χ0) is 26.8. The lowest BCUT2D eigenvalue weighted by Gasteiger charge is -2.35. The molecule has 1 aliphatic heterocycles. The smallest absolute Gasteiger partial charge is 0.312 e. The number of nitrogens with one attached hydrogen (secondary N) is 3. The molecule has 0 spiro atoms. The van der Waals surface area contributed by atoms with E-state index in [-0.39, 0.29) is 30.2 Å². The van der Waals surface area contributed by atoms with Crippen LogP contribution in [-0.4, -0.2) is 65.7 Å². The van der Waals surface area contributed by atoms with Gasteiger partial charge in [-0.25, -0.2) is 4.79 Å². The molecule has 5 atom stereocenters. The van der Waals surface area contributed by atoms with Crippen molar-refractivity contribution in [2.45, 2.75) is 90.3 Å². The summed E-state index contributed by atoms with van der Waals surface area (Å²) in [4.78, 5) is 65.6. The number of hydrogen-bond donors (Lipinski definition) is 4. The topological polar surface area (TPSA) is 151 Å². The van der Waals surface area contributed by atoms with E-state index in [0.717, 1.165) is 38.5 Å². The third kappa shape index (κ3) is 7.54. The van der Waals surface area contributed by atoms with Crippen LogP contribution in [0.3, 0.4) is 0 Å². The standard InChI is InChI=1S/C26H43N5O5/c1-5-7-13-19(22(32)24(34)28-14-6-2)29-23(33)21-17(4)16(3)15-31(21)25(35)20(30-26(27)36)18-11-9-8-10-12-18/h6,16-21H,2,5,7-15H2,1,3-4H3,(H,28,34)(H,29,33)(H3,27,30,36)/t16-,17-,19?,20-,21-/m0/s1. The van der Waals surface area contributed by atoms with Gasteiger partial charge in [0.1, 0.15) is 12.1 Å². The van der Waals surface area contributed by atoms with Gasteiger partial charge in [0.15, 0.2) is 0 Å². The number of carbonyl (C=O) groups excluding carboxylic acids is 5. The van der Waals surface area contributed by atoms with Crippen LogP contribution in [0, 0.1) is 17.8 Å². The molecule has 2 aliphatic rings. The predicted octanol–water partition coefficient (Wildman–Crippen LogP) is 1.63. The van der Waals surface area contributed by atoms with Gasteiger partial charge in [0.05, 0.1) is 6.04 Å². The van der Waals surface area contributed by atoms with Gasteiger partial charge in [-0.1, -0.05) is 59.0 Å². The molecule has 10 heteroatoms. The number of nitrogens with two attached hydrogens (primary N) is 1. The van der Waals surface area contributed by atoms with E-state index in [1.807, 2.05) is 20.8 Å². The van der Waals surface area contributed by atoms with Gasteiger partial charge in [0, 0.05) is 13.1 Å². The molecule has 202 valence electrons. The molecule has 2 rings (SSSR count). The SMILES string of the molecule is C=CCNC(=O)C(=O)C(CCCC)NC(=O)[C@@H]1[C@@H](C)[C@@H](C)CN1C(=O)[C@@H](NC(N)=O)C1CCCCC1. The lowest BCUT2D eigenvalue weighted by Crippen LogP contribution is -2.59. The summed E-state index contributed by atoms with van der Waals surface area (Å²) < 4.78 is 0. The highest BCUT2D eigenvalue weighted by Crippen LogP contribution is 2.33. The van der Waals surface area contributed by atoms with Gasteiger partial charge in [-0.15, -0.1) is 6.58 Å². The number of amides is 5. The van der Waals surface area contributed by atoms with Crippen molar-refractivity contribution >= 4 is 29.5 Å². The molecule has 1 aliphatic carbocycles. The highest BCUT2D eigenvalue weighted by molar-refractivity contribution is 6.38. The van der Waals surface area contributed by atoms with Crippen LogP contribution < -0.4 is 21.7 Å². The fourth-order valence-corrected chi connectivity index (χ4v) is 5.32. The number of carbonyl (C=O) groups is 5. The molecule has 0 radical (unpaired) electrons. The number of urea groups is 1. The summed E-state index contributed by atoms with van der Waals surface area (Å²) in [5, 5.41) is 7.87. The van der Waals surface area contributed by atoms with Crippen LogP contribution in [0.25, 0.3) is 0 Å². The average Bonchev–Trinajstić information content (AvgIpc) is 3.17. The maximum atomic E-state index is 13.7. The first-order valence-electron chi connectivity index (χ1n) is 13.2. The number of likely N-dealkylation sites (tertiary alicyclic amines) is 1. The molecular weight excluding hydrogens is 462 g/mol. The first-order chi connectivity index (χ1) is 17.1. The maximum Gasteiger partial charge on any atom is 0.312 e. The number of ketones is 1. The second kappa shape index (κ2) is 14.0. The van der Waals surface area contributed by atoms with E-state index in [4.69, 9.17) is 5.73 Å². The van der Waals surface area contributed by atoms with E-state index in [2.05, 4.69) is 22.5 Å². The average molecular weight is 506 g/mol. The molecule has 0 aromatic heterocycles. The van der Waals surface area contributed by atoms with Crippen LogP contribution in [-0.2, 0) is 19.2 Å². The summed E-state index contributed by atoms with van der Waals surface area (Å²) in [5.74, 6) is -2.46. The fraction of sp³-hybridized carbons (Fsp3) is 0.731. The Bertz CT molecular complexity index is 826. The summed E-state index contributed by atoms with van der Waals surface area (Å²) >= 11 is 0. The van der Waals surface area contributed by atoms with Gasteiger partial charge in [-0.3, -0.25) is 19.2 Å². The zero-order valence-electron chi connectivity index (χ0n) is 21.9. The summed E-state index contributed by atoms with van der Waals surface area (Å²) in [5.41, 5.74) is 5.41. The van der Waals surface area contributed by atoms with Crippen LogP contribution in [0.2, 0.25) is 0 Å². The first-order valence-corrected chi connectivity index (χ1v) is 13.2. The van der Waals surface area contributed by atoms with E-state index in [9.17, 15) is 24.0 Å². The number of hydrogen-bond acceptors (Lipinski definition) is 5. The van der Waals surface area contributed by atoms with E-state index in [1.54, 1.807) is 0 Å². The number of primary amides is 1. The summed E-state index contributed by atoms with van der Waals surface area (Å²) in [6, 6.07) is -3.37. The van der Waals surface area contributed by atoms with Gasteiger partial charge in [0.25, 0.3) is 5.91 Å². The van der Waals surface area contributed by atoms with Gasteiger partial charge in [-0.05, 0) is 37.0 Å². The molecule has 36 heavy (non-hydrogen) atoms. The summed E-state index contributed by atoms with van der Waals surface area (Å²) in [6.45, 7) is 9.86. The molecule has 1 heterocycles. The molecule has 0 aromatic rings. The molecule has 1 unspecified atom stereocenters. The van der Waals surface area contributed by atoms with Crippen LogP contribution in [0.4, 0.5) is 4.79 Å². The van der Waals surface area contributed by atoms with Crippen LogP contribution in [0.15, 0.2) is 12.7 Å². The van der Waals surface area contributed by atoms with Crippen LogP contribution in [0.5, 0.6) is 0 Å². The van der Waals surface area contributed by atoms with Crippen molar-refractivity contribution in [3.8, 4) is 0 Å². The van der Waals surface area contributed by atoms with Crippen LogP contribution >= 0.6 is 0 Å². The molecule has 5 amide bonds. The van der Waals surface area contributed by atoms with E-state index < -0.39 is 41.8 Å². The Morgan fingerprint density at radius 2 is 1.75 bits per heavy atom. The Hall–Kier alpha value is -2.91. The molecule has 5 N–H and O–H groups in total. The van der Waals surface area contributed by atoms with Gasteiger partial charge in [0.2, 0.25) is 17.6 Å². The van der Waals surface area contributed by atoms with Crippen molar-refractivity contribution < 1.29 is 24.0 Å². The minimum Gasteiger partial charge on any atom is -0.352 e. The summed E-state index contributed by atoms with van der Waals surface area (Å²) in [6.07, 6.45) is 7.87. The lowest BCUT2D eigenvalue weighted by atomic mass is 9.83. The van der Waals surface area contributed by atoms with E-state index in [1.165, 1.54) is 11.0 Å². The Labute approximate surface area is 214 Å². The van der Waals surface area contributed by atoms with Gasteiger partial charge in [-0.2, -0.15) is 0 Å². The Balaban J connectivity index is 2.25. The van der Waals surface area contributed by atoms with Crippen LogP contribution in [0.1, 0.15) is 72.1 Å². The number of nitrogens with zero attached hydrogens (tertiary/aromatic N) is 1. The minimum absolute atomic E-state index is 0.0333. The van der Waals surface area contributed by atoms with Gasteiger partial charge >= 0.3 is 6.03 Å². The second-order valence-electron chi connectivity index (χ2n) is 10.2. The van der Waals surface area contributed by atoms with Crippen molar-refractivity contribution in [3.05, 3.63) is 12.7 Å². The van der Waals surface area contributed by atoms with Gasteiger partial charge < -0.3 is 26.6 Å². The first kappa shape index (κ1) is 29.3. The highest BCUT2D eigenvalue weighted by Gasteiger charge is 2.47. The molecular formula is C26H43N5O5. The minimum atomic E-state index is -0.986. The largest absolute Gasteiger partial charge is 0.352 e. The number of unbranched alkanes of at least 4 members (excludes halogenated alkanes) is 1. The Kier molecular flexibility index (Phi) is 11.4. The van der Waals surface area contributed by atoms with Crippen molar-refractivity contribution in [3.63, 3.8) is 0 Å². The van der Waals surface area contributed by atoms with Crippen molar-refractivity contribution in [2.75, 3.05) is 13.1 Å². The molecule has 0 bridgehead atoms. The normalized spacial score (nSPS) is 23.9. The molecule has 1 saturated heterocycles. The predicted molar refractivity (Wildman–Crippen MR) is 137 cm³/mol. The molecule has 1 saturated carbocycles. The molecule has 2 fully saturated rings. The quantitative estimate of drug-likeness (QED) is 0.235. The third-order valence-electron chi connectivity index (χ3n) is 7.56. The highest BCUT2D eigenvalue weighted by atomic mass is 16.2. The third-order valence-corrected chi connectivity index (χ3v) is 7.56. The molecule has 10 nitrogen and oxygen atoms in total. The fourth-order valence-electron chi connectivity index (χ4n) is 5.32. The number of rotatable bonds is 12. The van der Waals surface area contributed by atoms with E-state index >= 15 is 0 Å². The lowest BCUT2D eigenvalue weighted by molar-refractivity contribution is -0.144. The Morgan fingerprint density at radius 3 is 2.33 bits per heavy atom. The molecule has 0 aromatic carbocycles.